The number of hydrogen-bond donors (Lipinski definition) is 1. The van der Waals surface area contributed by atoms with Gasteiger partial charge in [-0.1, -0.05) is 26.0 Å². The Morgan fingerprint density at radius 2 is 1.74 bits per heavy atom. The van der Waals surface area contributed by atoms with Crippen molar-refractivity contribution >= 4 is 35.3 Å². The molecule has 1 unspecified atom stereocenters. The van der Waals surface area contributed by atoms with Crippen molar-refractivity contribution in [3.8, 4) is 5.75 Å². The van der Waals surface area contributed by atoms with Crippen LogP contribution in [0.5, 0.6) is 5.75 Å². The van der Waals surface area contributed by atoms with Crippen LogP contribution in [0.25, 0.3) is 0 Å². The lowest BCUT2D eigenvalue weighted by Crippen LogP contribution is -2.56. The Morgan fingerprint density at radius 3 is 2.34 bits per heavy atom. The summed E-state index contributed by atoms with van der Waals surface area (Å²) >= 11 is 0. The van der Waals surface area contributed by atoms with Gasteiger partial charge in [0.1, 0.15) is 11.8 Å². The normalized spacial score (nSPS) is 15.2. The smallest absolute Gasteiger partial charge is 0.338 e. The first-order chi connectivity index (χ1) is 16.7. The van der Waals surface area contributed by atoms with E-state index in [1.165, 1.54) is 37.4 Å². The second-order valence-electron chi connectivity index (χ2n) is 8.06. The minimum Gasteiger partial charge on any atom is -0.496 e. The molecule has 3 rings (SSSR count). The van der Waals surface area contributed by atoms with Crippen molar-refractivity contribution in [1.29, 1.82) is 0 Å². The number of anilines is 1. The molecule has 1 N–H and O–H groups in total. The van der Waals surface area contributed by atoms with E-state index in [9.17, 15) is 24.0 Å². The SMILES string of the molecule is CCOC(=O)c1ccc(N2C(=O)CC(N(NC(=O)c3ccccc3OC)C(=O)C(C)C)C2=O)cc1. The third-order valence-corrected chi connectivity index (χ3v) is 5.38. The predicted octanol–water partition coefficient (Wildman–Crippen LogP) is 2.33. The van der Waals surface area contributed by atoms with Crippen LogP contribution in [0, 0.1) is 5.92 Å². The number of para-hydroxylation sites is 1. The van der Waals surface area contributed by atoms with Gasteiger partial charge in [0.25, 0.3) is 11.8 Å². The number of esters is 1. The summed E-state index contributed by atoms with van der Waals surface area (Å²) in [5.74, 6) is -3.20. The Hall–Kier alpha value is -4.21. The number of rotatable bonds is 7. The van der Waals surface area contributed by atoms with Crippen molar-refractivity contribution in [3.05, 3.63) is 59.7 Å². The molecule has 4 amide bonds. The van der Waals surface area contributed by atoms with Gasteiger partial charge in [0.15, 0.2) is 0 Å². The maximum Gasteiger partial charge on any atom is 0.338 e. The molecular formula is C25H27N3O7. The van der Waals surface area contributed by atoms with E-state index < -0.39 is 41.6 Å². The molecule has 35 heavy (non-hydrogen) atoms. The number of hydrazine groups is 1. The molecule has 0 bridgehead atoms. The van der Waals surface area contributed by atoms with Gasteiger partial charge in [-0.05, 0) is 43.3 Å². The molecule has 2 aromatic rings. The Morgan fingerprint density at radius 1 is 1.09 bits per heavy atom. The second-order valence-corrected chi connectivity index (χ2v) is 8.06. The zero-order valence-corrected chi connectivity index (χ0v) is 19.9. The van der Waals surface area contributed by atoms with E-state index >= 15 is 0 Å². The third kappa shape index (κ3) is 5.32. The van der Waals surface area contributed by atoms with E-state index in [0.717, 1.165) is 9.91 Å². The van der Waals surface area contributed by atoms with E-state index in [4.69, 9.17) is 9.47 Å². The minimum absolute atomic E-state index is 0.166. The fraction of sp³-hybridized carbons (Fsp3) is 0.320. The van der Waals surface area contributed by atoms with Crippen LogP contribution in [0.4, 0.5) is 5.69 Å². The summed E-state index contributed by atoms with van der Waals surface area (Å²) in [5.41, 5.74) is 3.17. The van der Waals surface area contributed by atoms with E-state index in [1.807, 2.05) is 0 Å². The summed E-state index contributed by atoms with van der Waals surface area (Å²) in [5, 5.41) is 0.923. The monoisotopic (exact) mass is 481 g/mol. The summed E-state index contributed by atoms with van der Waals surface area (Å²) in [6.07, 6.45) is -0.316. The van der Waals surface area contributed by atoms with E-state index in [-0.39, 0.29) is 29.8 Å². The van der Waals surface area contributed by atoms with Gasteiger partial charge in [-0.25, -0.2) is 14.7 Å². The molecule has 1 aliphatic heterocycles. The van der Waals surface area contributed by atoms with Crippen molar-refractivity contribution in [2.24, 2.45) is 5.92 Å². The Kier molecular flexibility index (Phi) is 7.85. The van der Waals surface area contributed by atoms with Crippen LogP contribution in [0.3, 0.4) is 0 Å². The fourth-order valence-corrected chi connectivity index (χ4v) is 3.62. The molecule has 0 aromatic heterocycles. The van der Waals surface area contributed by atoms with E-state index in [0.29, 0.717) is 5.75 Å². The number of carbonyl (C=O) groups excluding carboxylic acids is 5. The number of amides is 4. The van der Waals surface area contributed by atoms with Crippen LogP contribution in [0.15, 0.2) is 48.5 Å². The molecule has 0 radical (unpaired) electrons. The number of nitrogens with zero attached hydrogens (tertiary/aromatic N) is 2. The van der Waals surface area contributed by atoms with Gasteiger partial charge in [0.2, 0.25) is 11.8 Å². The molecule has 2 aromatic carbocycles. The van der Waals surface area contributed by atoms with Crippen molar-refractivity contribution in [2.75, 3.05) is 18.6 Å². The van der Waals surface area contributed by atoms with E-state index in [1.54, 1.807) is 39.0 Å². The highest BCUT2D eigenvalue weighted by Gasteiger charge is 2.45. The van der Waals surface area contributed by atoms with Crippen molar-refractivity contribution in [1.82, 2.24) is 10.4 Å². The van der Waals surface area contributed by atoms with E-state index in [2.05, 4.69) is 5.43 Å². The molecule has 1 fully saturated rings. The lowest BCUT2D eigenvalue weighted by Gasteiger charge is -2.29. The van der Waals surface area contributed by atoms with Crippen LogP contribution in [0.2, 0.25) is 0 Å². The maximum atomic E-state index is 13.3. The average Bonchev–Trinajstić information content (AvgIpc) is 3.15. The molecule has 0 aliphatic carbocycles. The van der Waals surface area contributed by atoms with Crippen LogP contribution in [-0.2, 0) is 19.1 Å². The number of nitrogens with one attached hydrogen (secondary N) is 1. The number of benzene rings is 2. The largest absolute Gasteiger partial charge is 0.496 e. The first kappa shape index (κ1) is 25.4. The van der Waals surface area contributed by atoms with Crippen molar-refractivity contribution < 1.29 is 33.4 Å². The molecule has 1 aliphatic rings. The van der Waals surface area contributed by atoms with Gasteiger partial charge < -0.3 is 9.47 Å². The molecule has 0 spiro atoms. The van der Waals surface area contributed by atoms with Gasteiger partial charge in [-0.3, -0.25) is 24.6 Å². The van der Waals surface area contributed by atoms with Crippen LogP contribution in [0.1, 0.15) is 47.9 Å². The van der Waals surface area contributed by atoms with Crippen molar-refractivity contribution in [3.63, 3.8) is 0 Å². The number of carbonyl (C=O) groups is 5. The number of methoxy groups -OCH3 is 1. The highest BCUT2D eigenvalue weighted by atomic mass is 16.5. The fourth-order valence-electron chi connectivity index (χ4n) is 3.62. The summed E-state index contributed by atoms with van der Waals surface area (Å²) in [7, 11) is 1.41. The standard InChI is InChI=1S/C25H27N3O7/c1-5-35-25(33)16-10-12-17(13-11-16)27-21(29)14-19(24(27)32)28(23(31)15(2)3)26-22(30)18-8-6-7-9-20(18)34-4/h6-13,15,19H,5,14H2,1-4H3,(H,26,30). The predicted molar refractivity (Wildman–Crippen MR) is 125 cm³/mol. The van der Waals surface area contributed by atoms with Crippen LogP contribution in [-0.4, -0.2) is 54.4 Å². The van der Waals surface area contributed by atoms with Gasteiger partial charge >= 0.3 is 5.97 Å². The average molecular weight is 482 g/mol. The van der Waals surface area contributed by atoms with Crippen LogP contribution >= 0.6 is 0 Å². The molecule has 1 heterocycles. The summed E-state index contributed by atoms with van der Waals surface area (Å²) in [6.45, 7) is 5.14. The first-order valence-corrected chi connectivity index (χ1v) is 11.1. The number of hydrogen-bond acceptors (Lipinski definition) is 7. The molecule has 0 saturated carbocycles. The summed E-state index contributed by atoms with van der Waals surface area (Å²) in [6, 6.07) is 11.0. The molecule has 184 valence electrons. The quantitative estimate of drug-likeness (QED) is 0.366. The summed E-state index contributed by atoms with van der Waals surface area (Å²) in [4.78, 5) is 64.9. The molecule has 10 nitrogen and oxygen atoms in total. The third-order valence-electron chi connectivity index (χ3n) is 5.38. The maximum absolute atomic E-state index is 13.3. The molecule has 10 heteroatoms. The van der Waals surface area contributed by atoms with Crippen LogP contribution < -0.4 is 15.1 Å². The lowest BCUT2D eigenvalue weighted by molar-refractivity contribution is -0.143. The highest BCUT2D eigenvalue weighted by Crippen LogP contribution is 2.27. The summed E-state index contributed by atoms with van der Waals surface area (Å²) < 4.78 is 10.2. The van der Waals surface area contributed by atoms with Gasteiger partial charge in [-0.2, -0.15) is 0 Å². The minimum atomic E-state index is -1.24. The van der Waals surface area contributed by atoms with Crippen molar-refractivity contribution in [2.45, 2.75) is 33.2 Å². The topological polar surface area (TPSA) is 122 Å². The molecular weight excluding hydrogens is 454 g/mol. The Bertz CT molecular complexity index is 1140. The number of imide groups is 1. The molecule has 1 saturated heterocycles. The zero-order valence-electron chi connectivity index (χ0n) is 19.9. The first-order valence-electron chi connectivity index (χ1n) is 11.1. The van der Waals surface area contributed by atoms with Gasteiger partial charge in [-0.15, -0.1) is 0 Å². The molecule has 1 atom stereocenters. The second kappa shape index (κ2) is 10.8. The highest BCUT2D eigenvalue weighted by molar-refractivity contribution is 6.23. The Balaban J connectivity index is 1.87. The van der Waals surface area contributed by atoms with Gasteiger partial charge in [0.05, 0.1) is 37.0 Å². The zero-order chi connectivity index (χ0) is 25.7. The number of ether oxygens (including phenoxy) is 2. The van der Waals surface area contributed by atoms with Gasteiger partial charge in [0, 0.05) is 5.92 Å². The Labute approximate surface area is 202 Å². The lowest BCUT2D eigenvalue weighted by atomic mass is 10.1.